The summed E-state index contributed by atoms with van der Waals surface area (Å²) in [5.74, 6) is 0.902. The molecule has 1 aromatic heterocycles. The van der Waals surface area contributed by atoms with Gasteiger partial charge in [0.25, 0.3) is 0 Å². The second-order valence-corrected chi connectivity index (χ2v) is 5.70. The quantitative estimate of drug-likeness (QED) is 0.610. The van der Waals surface area contributed by atoms with E-state index in [2.05, 4.69) is 4.98 Å². The summed E-state index contributed by atoms with van der Waals surface area (Å²) in [6, 6.07) is 9.87. The van der Waals surface area contributed by atoms with Crippen molar-refractivity contribution in [1.82, 2.24) is 4.98 Å². The maximum atomic E-state index is 12.6. The van der Waals surface area contributed by atoms with Crippen LogP contribution >= 0.6 is 11.6 Å². The summed E-state index contributed by atoms with van der Waals surface area (Å²) in [6.45, 7) is 0.0951. The standard InChI is InChI=1S/C18H13ClF3NO2/c1-24-16-9-15-13(14(19)6-7-23-15)8-17(16)25-10-11-2-4-12(5-3-11)18(20,21)22/h2-9H,10H2,1H3. The molecule has 0 aliphatic heterocycles. The highest BCUT2D eigenvalue weighted by atomic mass is 35.5. The van der Waals surface area contributed by atoms with E-state index in [0.29, 0.717) is 33.0 Å². The number of aromatic nitrogens is 1. The van der Waals surface area contributed by atoms with E-state index in [-0.39, 0.29) is 6.61 Å². The first kappa shape index (κ1) is 17.4. The second-order valence-electron chi connectivity index (χ2n) is 5.30. The number of fused-ring (bicyclic) bond motifs is 1. The zero-order valence-corrected chi connectivity index (χ0v) is 13.9. The number of pyridine rings is 1. The first-order chi connectivity index (χ1) is 11.9. The molecular formula is C18H13ClF3NO2. The Bertz CT molecular complexity index is 895. The molecule has 0 fully saturated rings. The molecule has 0 radical (unpaired) electrons. The minimum Gasteiger partial charge on any atom is -0.493 e. The van der Waals surface area contributed by atoms with Crippen molar-refractivity contribution >= 4 is 22.5 Å². The van der Waals surface area contributed by atoms with Crippen LogP contribution in [0.5, 0.6) is 11.5 Å². The van der Waals surface area contributed by atoms with E-state index in [0.717, 1.165) is 12.1 Å². The third-order valence-corrected chi connectivity index (χ3v) is 3.98. The highest BCUT2D eigenvalue weighted by Gasteiger charge is 2.29. The van der Waals surface area contributed by atoms with Crippen LogP contribution in [-0.2, 0) is 12.8 Å². The minimum absolute atomic E-state index is 0.0951. The Kier molecular flexibility index (Phi) is 4.72. The van der Waals surface area contributed by atoms with Gasteiger partial charge in [-0.3, -0.25) is 4.98 Å². The van der Waals surface area contributed by atoms with Crippen LogP contribution in [0.2, 0.25) is 5.02 Å². The average molecular weight is 368 g/mol. The number of halogens is 4. The van der Waals surface area contributed by atoms with E-state index >= 15 is 0 Å². The van der Waals surface area contributed by atoms with Gasteiger partial charge >= 0.3 is 6.18 Å². The molecule has 0 spiro atoms. The number of rotatable bonds is 4. The number of alkyl halides is 3. The van der Waals surface area contributed by atoms with Gasteiger partial charge < -0.3 is 9.47 Å². The lowest BCUT2D eigenvalue weighted by atomic mass is 10.1. The monoisotopic (exact) mass is 367 g/mol. The normalized spacial score (nSPS) is 11.6. The lowest BCUT2D eigenvalue weighted by molar-refractivity contribution is -0.137. The predicted octanol–water partition coefficient (Wildman–Crippen LogP) is 5.49. The van der Waals surface area contributed by atoms with Crippen molar-refractivity contribution in [2.75, 3.05) is 7.11 Å². The SMILES string of the molecule is COc1cc2nccc(Cl)c2cc1OCc1ccc(C(F)(F)F)cc1. The van der Waals surface area contributed by atoms with Crippen LogP contribution in [-0.4, -0.2) is 12.1 Å². The molecule has 1 heterocycles. The van der Waals surface area contributed by atoms with E-state index in [1.807, 2.05) is 0 Å². The summed E-state index contributed by atoms with van der Waals surface area (Å²) in [4.78, 5) is 4.22. The third-order valence-electron chi connectivity index (χ3n) is 3.65. The van der Waals surface area contributed by atoms with Crippen molar-refractivity contribution in [2.24, 2.45) is 0 Å². The maximum absolute atomic E-state index is 12.6. The van der Waals surface area contributed by atoms with Gasteiger partial charge in [0.2, 0.25) is 0 Å². The number of methoxy groups -OCH3 is 1. The predicted molar refractivity (Wildman–Crippen MR) is 89.1 cm³/mol. The number of ether oxygens (including phenoxy) is 2. The highest BCUT2D eigenvalue weighted by molar-refractivity contribution is 6.35. The van der Waals surface area contributed by atoms with Crippen molar-refractivity contribution in [3.05, 3.63) is 64.8 Å². The van der Waals surface area contributed by atoms with Crippen molar-refractivity contribution in [3.63, 3.8) is 0 Å². The molecule has 3 aromatic rings. The van der Waals surface area contributed by atoms with E-state index in [9.17, 15) is 13.2 Å². The van der Waals surface area contributed by atoms with Crippen molar-refractivity contribution < 1.29 is 22.6 Å². The first-order valence-electron chi connectivity index (χ1n) is 7.29. The van der Waals surface area contributed by atoms with Gasteiger partial charge in [-0.05, 0) is 29.8 Å². The van der Waals surface area contributed by atoms with E-state index < -0.39 is 11.7 Å². The van der Waals surface area contributed by atoms with Crippen LogP contribution in [0.1, 0.15) is 11.1 Å². The molecule has 25 heavy (non-hydrogen) atoms. The number of hydrogen-bond acceptors (Lipinski definition) is 3. The largest absolute Gasteiger partial charge is 0.493 e. The molecule has 0 N–H and O–H groups in total. The lowest BCUT2D eigenvalue weighted by Crippen LogP contribution is -2.05. The summed E-state index contributed by atoms with van der Waals surface area (Å²) < 4.78 is 48.8. The van der Waals surface area contributed by atoms with Gasteiger partial charge in [-0.25, -0.2) is 0 Å². The van der Waals surface area contributed by atoms with Crippen LogP contribution < -0.4 is 9.47 Å². The Morgan fingerprint density at radius 2 is 1.76 bits per heavy atom. The van der Waals surface area contributed by atoms with Crippen LogP contribution in [0.3, 0.4) is 0 Å². The smallest absolute Gasteiger partial charge is 0.416 e. The van der Waals surface area contributed by atoms with Gasteiger partial charge in [0.15, 0.2) is 11.5 Å². The van der Waals surface area contributed by atoms with Gasteiger partial charge in [0, 0.05) is 17.6 Å². The molecule has 130 valence electrons. The van der Waals surface area contributed by atoms with Gasteiger partial charge in [0.1, 0.15) is 6.61 Å². The first-order valence-corrected chi connectivity index (χ1v) is 7.67. The molecule has 0 saturated heterocycles. The minimum atomic E-state index is -4.36. The molecule has 0 bridgehead atoms. The highest BCUT2D eigenvalue weighted by Crippen LogP contribution is 2.35. The third kappa shape index (κ3) is 3.79. The summed E-state index contributed by atoms with van der Waals surface area (Å²) in [7, 11) is 1.50. The fourth-order valence-corrected chi connectivity index (χ4v) is 2.55. The van der Waals surface area contributed by atoms with Crippen molar-refractivity contribution in [2.45, 2.75) is 12.8 Å². The van der Waals surface area contributed by atoms with Crippen LogP contribution in [0, 0.1) is 0 Å². The summed E-state index contributed by atoms with van der Waals surface area (Å²) in [5.41, 5.74) is 0.566. The average Bonchev–Trinajstić information content (AvgIpc) is 2.59. The summed E-state index contributed by atoms with van der Waals surface area (Å²) in [6.07, 6.45) is -2.77. The Morgan fingerprint density at radius 3 is 2.40 bits per heavy atom. The van der Waals surface area contributed by atoms with Gasteiger partial charge in [0.05, 0.1) is 23.2 Å². The molecule has 7 heteroatoms. The lowest BCUT2D eigenvalue weighted by Gasteiger charge is -2.13. The van der Waals surface area contributed by atoms with Crippen LogP contribution in [0.25, 0.3) is 10.9 Å². The zero-order chi connectivity index (χ0) is 18.0. The molecule has 0 unspecified atom stereocenters. The molecule has 3 rings (SSSR count). The summed E-state index contributed by atoms with van der Waals surface area (Å²) >= 11 is 6.16. The molecule has 0 aliphatic carbocycles. The molecule has 2 aromatic carbocycles. The Morgan fingerprint density at radius 1 is 1.04 bits per heavy atom. The molecule has 0 atom stereocenters. The number of nitrogens with zero attached hydrogens (tertiary/aromatic N) is 1. The fraction of sp³-hybridized carbons (Fsp3) is 0.167. The molecule has 0 aliphatic rings. The Balaban J connectivity index is 1.84. The van der Waals surface area contributed by atoms with Crippen molar-refractivity contribution in [3.8, 4) is 11.5 Å². The summed E-state index contributed by atoms with van der Waals surface area (Å²) in [5, 5.41) is 1.22. The number of hydrogen-bond donors (Lipinski definition) is 0. The Labute approximate surface area is 147 Å². The molecular weight excluding hydrogens is 355 g/mol. The molecule has 3 nitrogen and oxygen atoms in total. The van der Waals surface area contributed by atoms with E-state index in [1.54, 1.807) is 24.4 Å². The second kappa shape index (κ2) is 6.80. The van der Waals surface area contributed by atoms with Crippen LogP contribution in [0.15, 0.2) is 48.7 Å². The van der Waals surface area contributed by atoms with Gasteiger partial charge in [-0.1, -0.05) is 23.7 Å². The topological polar surface area (TPSA) is 31.4 Å². The fourth-order valence-electron chi connectivity index (χ4n) is 2.34. The number of benzene rings is 2. The maximum Gasteiger partial charge on any atom is 0.416 e. The zero-order valence-electron chi connectivity index (χ0n) is 13.1. The van der Waals surface area contributed by atoms with Crippen LogP contribution in [0.4, 0.5) is 13.2 Å². The Hall–Kier alpha value is -2.47. The van der Waals surface area contributed by atoms with Crippen molar-refractivity contribution in [1.29, 1.82) is 0 Å². The molecule has 0 amide bonds. The van der Waals surface area contributed by atoms with E-state index in [1.165, 1.54) is 19.2 Å². The van der Waals surface area contributed by atoms with Gasteiger partial charge in [-0.2, -0.15) is 13.2 Å². The van der Waals surface area contributed by atoms with Gasteiger partial charge in [-0.15, -0.1) is 0 Å². The molecule has 0 saturated carbocycles. The van der Waals surface area contributed by atoms with E-state index in [4.69, 9.17) is 21.1 Å².